The summed E-state index contributed by atoms with van der Waals surface area (Å²) in [6.45, 7) is 5.51. The largest absolute Gasteiger partial charge is 0.490 e. The molecule has 6 nitrogen and oxygen atoms in total. The third-order valence-electron chi connectivity index (χ3n) is 3.67. The molecule has 0 unspecified atom stereocenters. The Morgan fingerprint density at radius 1 is 1.15 bits per heavy atom. The Bertz CT molecular complexity index is 592. The lowest BCUT2D eigenvalue weighted by molar-refractivity contribution is -0.138. The molecule has 0 aliphatic rings. The highest BCUT2D eigenvalue weighted by molar-refractivity contribution is 6.32. The van der Waals surface area contributed by atoms with Crippen LogP contribution in [0.1, 0.15) is 51.5 Å². The van der Waals surface area contributed by atoms with Crippen LogP contribution >= 0.6 is 11.6 Å². The van der Waals surface area contributed by atoms with Gasteiger partial charge in [-0.3, -0.25) is 9.59 Å². The Hall–Kier alpha value is -1.95. The Labute approximate surface area is 159 Å². The zero-order valence-corrected chi connectivity index (χ0v) is 16.2. The number of carbonyl (C=O) groups is 2. The van der Waals surface area contributed by atoms with Gasteiger partial charge in [-0.25, -0.2) is 0 Å². The minimum Gasteiger partial charge on any atom is -0.490 e. The second-order valence-electron chi connectivity index (χ2n) is 5.89. The molecule has 146 valence electrons. The molecule has 0 bridgehead atoms. The summed E-state index contributed by atoms with van der Waals surface area (Å²) < 4.78 is 11.4. The van der Waals surface area contributed by atoms with Crippen LogP contribution < -0.4 is 14.8 Å². The van der Waals surface area contributed by atoms with Crippen LogP contribution in [-0.2, 0) is 16.0 Å². The zero-order chi connectivity index (χ0) is 19.4. The minimum atomic E-state index is -0.984. The fourth-order valence-electron chi connectivity index (χ4n) is 2.35. The SMILES string of the molecule is CCCCCOc1c(Cl)cc(CCNC(=O)CCC(=O)O)cc1OCC. The molecule has 0 aliphatic carbocycles. The first-order valence-corrected chi connectivity index (χ1v) is 9.42. The van der Waals surface area contributed by atoms with Gasteiger partial charge in [-0.05, 0) is 37.5 Å². The third kappa shape index (κ3) is 8.43. The number of nitrogens with one attached hydrogen (secondary N) is 1. The number of carbonyl (C=O) groups excluding carboxylic acids is 1. The van der Waals surface area contributed by atoms with E-state index in [-0.39, 0.29) is 18.7 Å². The number of hydrogen-bond donors (Lipinski definition) is 2. The zero-order valence-electron chi connectivity index (χ0n) is 15.5. The average molecular weight is 386 g/mol. The summed E-state index contributed by atoms with van der Waals surface area (Å²) in [6, 6.07) is 3.68. The Kier molecular flexibility index (Phi) is 10.5. The third-order valence-corrected chi connectivity index (χ3v) is 3.95. The van der Waals surface area contributed by atoms with E-state index in [0.717, 1.165) is 24.8 Å². The Balaban J connectivity index is 2.63. The van der Waals surface area contributed by atoms with E-state index in [1.54, 1.807) is 0 Å². The van der Waals surface area contributed by atoms with Gasteiger partial charge in [0.25, 0.3) is 0 Å². The maximum Gasteiger partial charge on any atom is 0.303 e. The van der Waals surface area contributed by atoms with E-state index in [1.165, 1.54) is 0 Å². The number of carboxylic acid groups (broad SMARTS) is 1. The van der Waals surface area contributed by atoms with Gasteiger partial charge in [0.1, 0.15) is 0 Å². The molecule has 0 saturated heterocycles. The number of amides is 1. The summed E-state index contributed by atoms with van der Waals surface area (Å²) >= 11 is 6.35. The van der Waals surface area contributed by atoms with Crippen molar-refractivity contribution in [2.45, 2.75) is 52.4 Å². The van der Waals surface area contributed by atoms with Gasteiger partial charge in [-0.15, -0.1) is 0 Å². The van der Waals surface area contributed by atoms with E-state index in [2.05, 4.69) is 12.2 Å². The van der Waals surface area contributed by atoms with Crippen molar-refractivity contribution in [2.75, 3.05) is 19.8 Å². The van der Waals surface area contributed by atoms with Crippen molar-refractivity contribution in [2.24, 2.45) is 0 Å². The molecule has 0 aliphatic heterocycles. The molecule has 1 aromatic carbocycles. The van der Waals surface area contributed by atoms with Crippen molar-refractivity contribution < 1.29 is 24.2 Å². The van der Waals surface area contributed by atoms with E-state index in [9.17, 15) is 9.59 Å². The topological polar surface area (TPSA) is 84.9 Å². The van der Waals surface area contributed by atoms with Gasteiger partial charge in [-0.2, -0.15) is 0 Å². The van der Waals surface area contributed by atoms with Crippen LogP contribution in [0.15, 0.2) is 12.1 Å². The van der Waals surface area contributed by atoms with Crippen LogP contribution in [0, 0.1) is 0 Å². The van der Waals surface area contributed by atoms with E-state index in [1.807, 2.05) is 19.1 Å². The van der Waals surface area contributed by atoms with Gasteiger partial charge < -0.3 is 19.9 Å². The fraction of sp³-hybridized carbons (Fsp3) is 0.579. The number of unbranched alkanes of at least 4 members (excludes halogenated alkanes) is 2. The molecule has 0 spiro atoms. The van der Waals surface area contributed by atoms with E-state index in [4.69, 9.17) is 26.2 Å². The number of halogens is 1. The number of carboxylic acids is 1. The maximum absolute atomic E-state index is 11.6. The van der Waals surface area contributed by atoms with E-state index < -0.39 is 5.97 Å². The highest BCUT2D eigenvalue weighted by atomic mass is 35.5. The van der Waals surface area contributed by atoms with Crippen molar-refractivity contribution in [3.63, 3.8) is 0 Å². The predicted molar refractivity (Wildman–Crippen MR) is 101 cm³/mol. The summed E-state index contributed by atoms with van der Waals surface area (Å²) in [5, 5.41) is 11.8. The van der Waals surface area contributed by atoms with Crippen molar-refractivity contribution in [1.82, 2.24) is 5.32 Å². The van der Waals surface area contributed by atoms with Crippen molar-refractivity contribution in [3.8, 4) is 11.5 Å². The monoisotopic (exact) mass is 385 g/mol. The molecule has 0 radical (unpaired) electrons. The number of benzene rings is 1. The minimum absolute atomic E-state index is 0.0230. The Morgan fingerprint density at radius 2 is 1.92 bits per heavy atom. The van der Waals surface area contributed by atoms with E-state index >= 15 is 0 Å². The second kappa shape index (κ2) is 12.4. The van der Waals surface area contributed by atoms with Crippen LogP contribution in [0.4, 0.5) is 0 Å². The number of aliphatic carboxylic acids is 1. The van der Waals surface area contributed by atoms with Gasteiger partial charge in [-0.1, -0.05) is 31.4 Å². The van der Waals surface area contributed by atoms with Crippen LogP contribution in [-0.4, -0.2) is 36.7 Å². The summed E-state index contributed by atoms with van der Waals surface area (Å²) in [5.41, 5.74) is 0.915. The smallest absolute Gasteiger partial charge is 0.303 e. The molecule has 2 N–H and O–H groups in total. The van der Waals surface area contributed by atoms with Crippen LogP contribution in [0.5, 0.6) is 11.5 Å². The van der Waals surface area contributed by atoms with Gasteiger partial charge >= 0.3 is 5.97 Å². The number of rotatable bonds is 13. The molecule has 0 heterocycles. The van der Waals surface area contributed by atoms with E-state index in [0.29, 0.717) is 42.7 Å². The number of hydrogen-bond acceptors (Lipinski definition) is 4. The first-order valence-electron chi connectivity index (χ1n) is 9.04. The van der Waals surface area contributed by atoms with Gasteiger partial charge in [0, 0.05) is 13.0 Å². The highest BCUT2D eigenvalue weighted by Gasteiger charge is 2.13. The molecule has 1 rings (SSSR count). The first kappa shape index (κ1) is 22.1. The summed E-state index contributed by atoms with van der Waals surface area (Å²) in [6.07, 6.45) is 3.55. The summed E-state index contributed by atoms with van der Waals surface area (Å²) in [5.74, 6) is -0.107. The first-order chi connectivity index (χ1) is 12.5. The van der Waals surface area contributed by atoms with Crippen LogP contribution in [0.25, 0.3) is 0 Å². The molecule has 7 heteroatoms. The average Bonchev–Trinajstić information content (AvgIpc) is 2.59. The lowest BCUT2D eigenvalue weighted by atomic mass is 10.1. The summed E-state index contributed by atoms with van der Waals surface area (Å²) in [7, 11) is 0. The lowest BCUT2D eigenvalue weighted by Crippen LogP contribution is -2.26. The lowest BCUT2D eigenvalue weighted by Gasteiger charge is -2.15. The standard InChI is InChI=1S/C19H28ClNO5/c1-3-5-6-11-26-19-15(20)12-14(13-16(19)25-4-2)9-10-21-17(22)7-8-18(23)24/h12-13H,3-11H2,1-2H3,(H,21,22)(H,23,24). The van der Waals surface area contributed by atoms with Gasteiger partial charge in [0.2, 0.25) is 5.91 Å². The van der Waals surface area contributed by atoms with Gasteiger partial charge in [0.05, 0.1) is 24.7 Å². The molecule has 0 aromatic heterocycles. The molecule has 1 amide bonds. The normalized spacial score (nSPS) is 10.4. The predicted octanol–water partition coefficient (Wildman–Crippen LogP) is 3.83. The summed E-state index contributed by atoms with van der Waals surface area (Å²) in [4.78, 5) is 22.0. The molecule has 0 atom stereocenters. The highest BCUT2D eigenvalue weighted by Crippen LogP contribution is 2.37. The fourth-order valence-corrected chi connectivity index (χ4v) is 2.64. The molecule has 1 aromatic rings. The molecular weight excluding hydrogens is 358 g/mol. The maximum atomic E-state index is 11.6. The number of ether oxygens (including phenoxy) is 2. The van der Waals surface area contributed by atoms with Crippen LogP contribution in [0.2, 0.25) is 5.02 Å². The molecular formula is C19H28ClNO5. The molecule has 26 heavy (non-hydrogen) atoms. The molecule has 0 fully saturated rings. The second-order valence-corrected chi connectivity index (χ2v) is 6.29. The van der Waals surface area contributed by atoms with Crippen molar-refractivity contribution >= 4 is 23.5 Å². The molecule has 0 saturated carbocycles. The van der Waals surface area contributed by atoms with Crippen LogP contribution in [0.3, 0.4) is 0 Å². The Morgan fingerprint density at radius 3 is 2.58 bits per heavy atom. The van der Waals surface area contributed by atoms with Crippen molar-refractivity contribution in [1.29, 1.82) is 0 Å². The van der Waals surface area contributed by atoms with Crippen molar-refractivity contribution in [3.05, 3.63) is 22.7 Å². The van der Waals surface area contributed by atoms with Gasteiger partial charge in [0.15, 0.2) is 11.5 Å². The quantitative estimate of drug-likeness (QED) is 0.504.